The van der Waals surface area contributed by atoms with Crippen LogP contribution >= 0.6 is 11.3 Å². The Morgan fingerprint density at radius 1 is 1.27 bits per heavy atom. The minimum Gasteiger partial charge on any atom is -0.355 e. The molecule has 1 aromatic carbocycles. The van der Waals surface area contributed by atoms with E-state index in [1.807, 2.05) is 18.3 Å². The molecular formula is C21H23N3OS. The Hall–Kier alpha value is -2.40. The number of fused-ring (bicyclic) bond motifs is 1. The second kappa shape index (κ2) is 7.46. The van der Waals surface area contributed by atoms with Crippen LogP contribution in [0.1, 0.15) is 25.3 Å². The van der Waals surface area contributed by atoms with Crippen molar-refractivity contribution in [3.8, 4) is 0 Å². The lowest BCUT2D eigenvalue weighted by Crippen LogP contribution is -2.41. The summed E-state index contributed by atoms with van der Waals surface area (Å²) < 4.78 is 1.25. The molecule has 1 N–H and O–H groups in total. The molecule has 3 aromatic rings. The van der Waals surface area contributed by atoms with Gasteiger partial charge < -0.3 is 10.2 Å². The van der Waals surface area contributed by atoms with Crippen molar-refractivity contribution in [3.05, 3.63) is 53.5 Å². The van der Waals surface area contributed by atoms with Gasteiger partial charge in [0.25, 0.3) is 0 Å². The molecule has 26 heavy (non-hydrogen) atoms. The van der Waals surface area contributed by atoms with E-state index in [4.69, 9.17) is 0 Å². The van der Waals surface area contributed by atoms with Crippen molar-refractivity contribution >= 4 is 38.8 Å². The lowest BCUT2D eigenvalue weighted by Gasteiger charge is -2.33. The lowest BCUT2D eigenvalue weighted by molar-refractivity contribution is -0.120. The second-order valence-corrected chi connectivity index (χ2v) is 7.74. The van der Waals surface area contributed by atoms with Gasteiger partial charge in [-0.05, 0) is 54.5 Å². The lowest BCUT2D eigenvalue weighted by atomic mass is 9.96. The number of thiophene rings is 1. The van der Waals surface area contributed by atoms with Crippen molar-refractivity contribution in [1.29, 1.82) is 0 Å². The molecule has 1 amide bonds. The number of hydrogen-bond donors (Lipinski definition) is 1. The molecule has 134 valence electrons. The van der Waals surface area contributed by atoms with E-state index in [2.05, 4.69) is 51.8 Å². The molecule has 0 radical (unpaired) electrons. The Morgan fingerprint density at radius 2 is 2.12 bits per heavy atom. The number of hydrogen-bond acceptors (Lipinski definition) is 4. The highest BCUT2D eigenvalue weighted by Crippen LogP contribution is 2.31. The first-order chi connectivity index (χ1) is 12.7. The van der Waals surface area contributed by atoms with E-state index >= 15 is 0 Å². The third-order valence-corrected chi connectivity index (χ3v) is 5.96. The van der Waals surface area contributed by atoms with Crippen LogP contribution in [-0.4, -0.2) is 24.0 Å². The maximum absolute atomic E-state index is 12.8. The number of nitrogens with one attached hydrogen (secondary N) is 1. The average molecular weight is 366 g/mol. The molecule has 4 nitrogen and oxygen atoms in total. The number of aryl methyl sites for hydroxylation is 1. The number of pyridine rings is 1. The molecule has 5 heteroatoms. The third kappa shape index (κ3) is 3.44. The predicted molar refractivity (Wildman–Crippen MR) is 109 cm³/mol. The first-order valence-electron chi connectivity index (χ1n) is 9.21. The number of nitrogens with zero attached hydrogens (tertiary/aromatic N) is 2. The van der Waals surface area contributed by atoms with Gasteiger partial charge in [-0.2, -0.15) is 0 Å². The molecular weight excluding hydrogens is 342 g/mol. The summed E-state index contributed by atoms with van der Waals surface area (Å²) in [6, 6.07) is 12.3. The number of carbonyl (C=O) groups is 1. The molecule has 1 atom stereocenters. The van der Waals surface area contributed by atoms with Crippen LogP contribution in [0.3, 0.4) is 0 Å². The highest BCUT2D eigenvalue weighted by Gasteiger charge is 2.27. The zero-order valence-corrected chi connectivity index (χ0v) is 15.8. The summed E-state index contributed by atoms with van der Waals surface area (Å²) in [7, 11) is 0. The summed E-state index contributed by atoms with van der Waals surface area (Å²) >= 11 is 1.73. The monoisotopic (exact) mass is 365 g/mol. The van der Waals surface area contributed by atoms with Crippen LogP contribution in [0, 0.1) is 5.92 Å². The van der Waals surface area contributed by atoms with Gasteiger partial charge in [-0.3, -0.25) is 4.79 Å². The van der Waals surface area contributed by atoms with Gasteiger partial charge in [0.15, 0.2) is 0 Å². The zero-order chi connectivity index (χ0) is 17.9. The molecule has 0 aliphatic carbocycles. The quantitative estimate of drug-likeness (QED) is 0.728. The Kier molecular flexibility index (Phi) is 4.89. The van der Waals surface area contributed by atoms with E-state index in [-0.39, 0.29) is 11.8 Å². The topological polar surface area (TPSA) is 45.2 Å². The van der Waals surface area contributed by atoms with Gasteiger partial charge in [-0.1, -0.05) is 19.1 Å². The Morgan fingerprint density at radius 3 is 2.92 bits per heavy atom. The molecule has 1 aliphatic rings. The van der Waals surface area contributed by atoms with Gasteiger partial charge in [-0.25, -0.2) is 4.98 Å². The van der Waals surface area contributed by atoms with Crippen LogP contribution < -0.4 is 10.2 Å². The van der Waals surface area contributed by atoms with Gasteiger partial charge in [-0.15, -0.1) is 11.3 Å². The maximum Gasteiger partial charge on any atom is 0.229 e. The normalized spacial score (nSPS) is 17.4. The molecule has 1 fully saturated rings. The third-order valence-electron chi connectivity index (χ3n) is 5.08. The predicted octanol–water partition coefficient (Wildman–Crippen LogP) is 4.71. The van der Waals surface area contributed by atoms with Gasteiger partial charge in [0.2, 0.25) is 5.91 Å². The molecule has 0 bridgehead atoms. The zero-order valence-electron chi connectivity index (χ0n) is 14.9. The summed E-state index contributed by atoms with van der Waals surface area (Å²) in [5.41, 5.74) is 2.16. The molecule has 1 aliphatic heterocycles. The molecule has 3 heterocycles. The number of amides is 1. The summed E-state index contributed by atoms with van der Waals surface area (Å²) in [4.78, 5) is 19.6. The van der Waals surface area contributed by atoms with Crippen LogP contribution in [0.25, 0.3) is 10.1 Å². The number of carbonyl (C=O) groups excluding carboxylic acids is 1. The van der Waals surface area contributed by atoms with Gasteiger partial charge in [0, 0.05) is 35.1 Å². The van der Waals surface area contributed by atoms with E-state index < -0.39 is 0 Å². The van der Waals surface area contributed by atoms with E-state index in [1.165, 1.54) is 15.6 Å². The van der Waals surface area contributed by atoms with Crippen LogP contribution in [0.5, 0.6) is 0 Å². The summed E-state index contributed by atoms with van der Waals surface area (Å²) in [5, 5.41) is 6.37. The van der Waals surface area contributed by atoms with Crippen LogP contribution in [0.4, 0.5) is 11.5 Å². The van der Waals surface area contributed by atoms with Crippen molar-refractivity contribution in [2.24, 2.45) is 5.92 Å². The maximum atomic E-state index is 12.8. The van der Waals surface area contributed by atoms with Crippen LogP contribution in [-0.2, 0) is 11.2 Å². The van der Waals surface area contributed by atoms with Crippen molar-refractivity contribution in [1.82, 2.24) is 4.98 Å². The van der Waals surface area contributed by atoms with Crippen LogP contribution in [0.2, 0.25) is 0 Å². The van der Waals surface area contributed by atoms with E-state index in [1.54, 1.807) is 11.3 Å². The molecule has 0 spiro atoms. The highest BCUT2D eigenvalue weighted by molar-refractivity contribution is 7.17. The fraction of sp³-hybridized carbons (Fsp3) is 0.333. The SMILES string of the molecule is CCc1ccc(NC(=O)[C@H]2CCCN(c3nccc4sccc34)C2)cc1. The van der Waals surface area contributed by atoms with Gasteiger partial charge >= 0.3 is 0 Å². The summed E-state index contributed by atoms with van der Waals surface area (Å²) in [6.45, 7) is 3.81. The van der Waals surface area contributed by atoms with Crippen molar-refractivity contribution in [2.75, 3.05) is 23.3 Å². The molecule has 2 aromatic heterocycles. The number of rotatable bonds is 4. The molecule has 1 saturated heterocycles. The van der Waals surface area contributed by atoms with E-state index in [0.717, 1.165) is 43.9 Å². The largest absolute Gasteiger partial charge is 0.355 e. The molecule has 0 unspecified atom stereocenters. The minimum absolute atomic E-state index is 0.00899. The van der Waals surface area contributed by atoms with Crippen molar-refractivity contribution in [3.63, 3.8) is 0 Å². The minimum atomic E-state index is -0.00899. The fourth-order valence-electron chi connectivity index (χ4n) is 3.58. The summed E-state index contributed by atoms with van der Waals surface area (Å²) in [6.07, 6.45) is 4.81. The van der Waals surface area contributed by atoms with E-state index in [9.17, 15) is 4.79 Å². The summed E-state index contributed by atoms with van der Waals surface area (Å²) in [5.74, 6) is 1.11. The fourth-order valence-corrected chi connectivity index (χ4v) is 4.36. The highest BCUT2D eigenvalue weighted by atomic mass is 32.1. The van der Waals surface area contributed by atoms with Gasteiger partial charge in [0.1, 0.15) is 5.82 Å². The average Bonchev–Trinajstić information content (AvgIpc) is 3.17. The first-order valence-corrected chi connectivity index (χ1v) is 10.1. The standard InChI is InChI=1S/C21H23N3OS/c1-2-15-5-7-17(8-6-15)23-21(25)16-4-3-12-24(14-16)20-18-10-13-26-19(18)9-11-22-20/h5-11,13,16H,2-4,12,14H2,1H3,(H,23,25)/t16-/m0/s1. The van der Waals surface area contributed by atoms with Crippen molar-refractivity contribution in [2.45, 2.75) is 26.2 Å². The Bertz CT molecular complexity index is 903. The number of aromatic nitrogens is 1. The van der Waals surface area contributed by atoms with Crippen molar-refractivity contribution < 1.29 is 4.79 Å². The Labute approximate surface area is 157 Å². The molecule has 4 rings (SSSR count). The Balaban J connectivity index is 1.47. The van der Waals surface area contributed by atoms with Crippen LogP contribution in [0.15, 0.2) is 48.0 Å². The second-order valence-electron chi connectivity index (χ2n) is 6.79. The first kappa shape index (κ1) is 17.0. The number of benzene rings is 1. The molecule has 0 saturated carbocycles. The number of anilines is 2. The number of piperidine rings is 1. The van der Waals surface area contributed by atoms with E-state index in [0.29, 0.717) is 0 Å². The van der Waals surface area contributed by atoms with Gasteiger partial charge in [0.05, 0.1) is 5.92 Å². The smallest absolute Gasteiger partial charge is 0.229 e.